The van der Waals surface area contributed by atoms with Gasteiger partial charge in [0.15, 0.2) is 11.5 Å². The summed E-state index contributed by atoms with van der Waals surface area (Å²) in [6, 6.07) is 14.6. The van der Waals surface area contributed by atoms with Crippen LogP contribution in [0.1, 0.15) is 16.7 Å². The number of hydrogen-bond donors (Lipinski definition) is 1. The highest BCUT2D eigenvalue weighted by Gasteiger charge is 2.34. The number of amides is 3. The van der Waals surface area contributed by atoms with Gasteiger partial charge in [-0.05, 0) is 63.5 Å². The molecule has 3 amide bonds. The predicted molar refractivity (Wildman–Crippen MR) is 125 cm³/mol. The molecule has 0 atom stereocenters. The molecule has 174 valence electrons. The topological polar surface area (TPSA) is 67.9 Å². The zero-order chi connectivity index (χ0) is 24.2. The Balaban J connectivity index is 1.53. The van der Waals surface area contributed by atoms with Gasteiger partial charge in [-0.15, -0.1) is 0 Å². The van der Waals surface area contributed by atoms with Crippen molar-refractivity contribution >= 4 is 33.9 Å². The Kier molecular flexibility index (Phi) is 6.93. The van der Waals surface area contributed by atoms with E-state index in [-0.39, 0.29) is 30.2 Å². The molecule has 4 rings (SSSR count). The number of methoxy groups -OCH3 is 1. The first-order valence-electron chi connectivity index (χ1n) is 10.2. The van der Waals surface area contributed by atoms with Crippen LogP contribution >= 0.6 is 15.9 Å². The Morgan fingerprint density at radius 1 is 1.06 bits per heavy atom. The first-order chi connectivity index (χ1) is 16.4. The average Bonchev–Trinajstić information content (AvgIpc) is 3.07. The molecule has 1 N–H and O–H groups in total. The van der Waals surface area contributed by atoms with Gasteiger partial charge >= 0.3 is 6.03 Å². The van der Waals surface area contributed by atoms with Crippen LogP contribution in [-0.4, -0.2) is 23.9 Å². The third-order valence-electron chi connectivity index (χ3n) is 5.11. The molecule has 0 spiro atoms. The standard InChI is InChI=1S/C25H19BrF2N2O4/c1-33-22-12-16(10-19(26)23(22)34-14-15-6-8-18(27)9-7-15)11-21-24(31)30(25(32)29-21)13-17-4-2-3-5-20(17)28/h2-12H,13-14H2,1H3,(H,29,32)/b21-11+. The van der Waals surface area contributed by atoms with Gasteiger partial charge in [0.25, 0.3) is 5.91 Å². The number of nitrogens with zero attached hydrogens (tertiary/aromatic N) is 1. The first-order valence-corrected chi connectivity index (χ1v) is 11.0. The number of halogens is 3. The van der Waals surface area contributed by atoms with Crippen molar-refractivity contribution < 1.29 is 27.8 Å². The molecule has 34 heavy (non-hydrogen) atoms. The molecule has 0 aromatic heterocycles. The fourth-order valence-electron chi connectivity index (χ4n) is 3.38. The number of urea groups is 1. The summed E-state index contributed by atoms with van der Waals surface area (Å²) in [5, 5.41) is 2.52. The van der Waals surface area contributed by atoms with E-state index in [1.807, 2.05) is 0 Å². The normalized spacial score (nSPS) is 14.5. The minimum atomic E-state index is -0.634. The Bertz CT molecular complexity index is 1280. The molecule has 3 aromatic rings. The highest BCUT2D eigenvalue weighted by atomic mass is 79.9. The van der Waals surface area contributed by atoms with Crippen molar-refractivity contribution in [3.8, 4) is 11.5 Å². The SMILES string of the molecule is COc1cc(/C=C2/NC(=O)N(Cc3ccccc3F)C2=O)cc(Br)c1OCc1ccc(F)cc1. The summed E-state index contributed by atoms with van der Waals surface area (Å²) in [5.74, 6) is -0.577. The Morgan fingerprint density at radius 2 is 1.79 bits per heavy atom. The van der Waals surface area contributed by atoms with Gasteiger partial charge in [-0.2, -0.15) is 0 Å². The maximum atomic E-state index is 14.0. The fourth-order valence-corrected chi connectivity index (χ4v) is 3.95. The number of rotatable bonds is 7. The number of imide groups is 1. The lowest BCUT2D eigenvalue weighted by molar-refractivity contribution is -0.123. The number of carbonyl (C=O) groups excluding carboxylic acids is 2. The molecule has 1 aliphatic heterocycles. The summed E-state index contributed by atoms with van der Waals surface area (Å²) in [5.41, 5.74) is 1.62. The van der Waals surface area contributed by atoms with E-state index in [2.05, 4.69) is 21.2 Å². The van der Waals surface area contributed by atoms with Gasteiger partial charge in [0.05, 0.1) is 18.1 Å². The van der Waals surface area contributed by atoms with Crippen LogP contribution in [-0.2, 0) is 17.9 Å². The van der Waals surface area contributed by atoms with Gasteiger partial charge in [-0.25, -0.2) is 13.6 Å². The van der Waals surface area contributed by atoms with E-state index in [4.69, 9.17) is 9.47 Å². The second kappa shape index (κ2) is 10.0. The molecule has 6 nitrogen and oxygen atoms in total. The molecule has 0 aliphatic carbocycles. The Morgan fingerprint density at radius 3 is 2.50 bits per heavy atom. The molecule has 1 heterocycles. The van der Waals surface area contributed by atoms with E-state index in [1.165, 1.54) is 43.5 Å². The zero-order valence-electron chi connectivity index (χ0n) is 18.0. The molecule has 3 aromatic carbocycles. The van der Waals surface area contributed by atoms with E-state index in [0.717, 1.165) is 10.5 Å². The summed E-state index contributed by atoms with van der Waals surface area (Å²) in [7, 11) is 1.47. The summed E-state index contributed by atoms with van der Waals surface area (Å²) in [6.45, 7) is 0.00703. The van der Waals surface area contributed by atoms with Crippen molar-refractivity contribution in [2.45, 2.75) is 13.2 Å². The molecule has 1 aliphatic rings. The monoisotopic (exact) mass is 528 g/mol. The van der Waals surface area contributed by atoms with Gasteiger partial charge in [0, 0.05) is 5.56 Å². The average molecular weight is 529 g/mol. The van der Waals surface area contributed by atoms with Gasteiger partial charge in [0.2, 0.25) is 0 Å². The van der Waals surface area contributed by atoms with Gasteiger partial charge in [-0.1, -0.05) is 30.3 Å². The lowest BCUT2D eigenvalue weighted by atomic mass is 10.1. The lowest BCUT2D eigenvalue weighted by Gasteiger charge is -2.14. The third kappa shape index (κ3) is 5.09. The van der Waals surface area contributed by atoms with E-state index in [0.29, 0.717) is 21.5 Å². The largest absolute Gasteiger partial charge is 0.493 e. The van der Waals surface area contributed by atoms with Gasteiger partial charge in [-0.3, -0.25) is 9.69 Å². The molecular formula is C25H19BrF2N2O4. The smallest absolute Gasteiger partial charge is 0.329 e. The summed E-state index contributed by atoms with van der Waals surface area (Å²) in [6.07, 6.45) is 1.50. The quantitative estimate of drug-likeness (QED) is 0.329. The van der Waals surface area contributed by atoms with Crippen LogP contribution in [0.2, 0.25) is 0 Å². The summed E-state index contributed by atoms with van der Waals surface area (Å²) in [4.78, 5) is 26.1. The van der Waals surface area contributed by atoms with E-state index in [1.54, 1.807) is 30.3 Å². The lowest BCUT2D eigenvalue weighted by Crippen LogP contribution is -2.30. The van der Waals surface area contributed by atoms with Crippen molar-refractivity contribution in [2.24, 2.45) is 0 Å². The minimum absolute atomic E-state index is 0.0512. The van der Waals surface area contributed by atoms with Crippen molar-refractivity contribution in [1.82, 2.24) is 10.2 Å². The molecule has 0 unspecified atom stereocenters. The van der Waals surface area contributed by atoms with Crippen LogP contribution in [0, 0.1) is 11.6 Å². The molecule has 1 saturated heterocycles. The second-order valence-electron chi connectivity index (χ2n) is 7.42. The number of carbonyl (C=O) groups is 2. The Hall–Kier alpha value is -3.72. The van der Waals surface area contributed by atoms with Crippen LogP contribution in [0.3, 0.4) is 0 Å². The maximum Gasteiger partial charge on any atom is 0.329 e. The molecule has 9 heteroatoms. The van der Waals surface area contributed by atoms with E-state index < -0.39 is 17.8 Å². The van der Waals surface area contributed by atoms with E-state index in [9.17, 15) is 18.4 Å². The van der Waals surface area contributed by atoms with Gasteiger partial charge < -0.3 is 14.8 Å². The molecule has 0 bridgehead atoms. The fraction of sp³-hybridized carbons (Fsp3) is 0.120. The molecule has 1 fully saturated rings. The van der Waals surface area contributed by atoms with Crippen LogP contribution in [0.5, 0.6) is 11.5 Å². The first kappa shape index (κ1) is 23.4. The van der Waals surface area contributed by atoms with Crippen molar-refractivity contribution in [3.05, 3.63) is 99.2 Å². The molecular weight excluding hydrogens is 510 g/mol. The van der Waals surface area contributed by atoms with Crippen LogP contribution in [0.4, 0.5) is 13.6 Å². The van der Waals surface area contributed by atoms with E-state index >= 15 is 0 Å². The minimum Gasteiger partial charge on any atom is -0.493 e. The number of benzene rings is 3. The highest BCUT2D eigenvalue weighted by Crippen LogP contribution is 2.38. The molecule has 0 radical (unpaired) electrons. The highest BCUT2D eigenvalue weighted by molar-refractivity contribution is 9.10. The maximum absolute atomic E-state index is 14.0. The summed E-state index contributed by atoms with van der Waals surface area (Å²) >= 11 is 3.45. The number of nitrogens with one attached hydrogen (secondary N) is 1. The van der Waals surface area contributed by atoms with Crippen LogP contribution < -0.4 is 14.8 Å². The number of hydrogen-bond acceptors (Lipinski definition) is 4. The van der Waals surface area contributed by atoms with Crippen molar-refractivity contribution in [2.75, 3.05) is 7.11 Å². The number of ether oxygens (including phenoxy) is 2. The Labute approximate surface area is 202 Å². The van der Waals surface area contributed by atoms with Crippen LogP contribution in [0.15, 0.2) is 70.8 Å². The van der Waals surface area contributed by atoms with Crippen molar-refractivity contribution in [3.63, 3.8) is 0 Å². The summed E-state index contributed by atoms with van der Waals surface area (Å²) < 4.78 is 38.9. The predicted octanol–water partition coefficient (Wildman–Crippen LogP) is 5.41. The van der Waals surface area contributed by atoms with Gasteiger partial charge in [0.1, 0.15) is 23.9 Å². The third-order valence-corrected chi connectivity index (χ3v) is 5.70. The molecule has 0 saturated carbocycles. The van der Waals surface area contributed by atoms with Crippen molar-refractivity contribution in [1.29, 1.82) is 0 Å². The van der Waals surface area contributed by atoms with Crippen LogP contribution in [0.25, 0.3) is 6.08 Å². The second-order valence-corrected chi connectivity index (χ2v) is 8.27. The zero-order valence-corrected chi connectivity index (χ0v) is 19.6.